The summed E-state index contributed by atoms with van der Waals surface area (Å²) >= 11 is 0. The number of aryl methyl sites for hydroxylation is 2. The zero-order valence-electron chi connectivity index (χ0n) is 15.9. The second kappa shape index (κ2) is 7.89. The first-order chi connectivity index (χ1) is 12.4. The van der Waals surface area contributed by atoms with Gasteiger partial charge in [-0.1, -0.05) is 11.6 Å². The SMILES string of the molecule is Cc1ccc2c(cnn2CCC(=O)N2CCC[C@@H](C(=O)NC(C)C)C2)c1. The summed E-state index contributed by atoms with van der Waals surface area (Å²) in [5, 5.41) is 8.47. The van der Waals surface area contributed by atoms with Crippen LogP contribution in [0.25, 0.3) is 10.9 Å². The van der Waals surface area contributed by atoms with Gasteiger partial charge in [0.25, 0.3) is 0 Å². The standard InChI is InChI=1S/C20H28N4O2/c1-14(2)22-20(26)16-5-4-9-23(13-16)19(25)8-10-24-18-7-6-15(3)11-17(18)12-21-24/h6-7,11-12,14,16H,4-5,8-10,13H2,1-3H3,(H,22,26)/t16-/m1/s1. The number of fused-ring (bicyclic) bond motifs is 1. The van der Waals surface area contributed by atoms with Gasteiger partial charge in [-0.2, -0.15) is 5.10 Å². The van der Waals surface area contributed by atoms with Gasteiger partial charge >= 0.3 is 0 Å². The minimum absolute atomic E-state index is 0.0611. The van der Waals surface area contributed by atoms with E-state index >= 15 is 0 Å². The number of carbonyl (C=O) groups excluding carboxylic acids is 2. The quantitative estimate of drug-likeness (QED) is 0.895. The van der Waals surface area contributed by atoms with Crippen molar-refractivity contribution in [2.24, 2.45) is 5.92 Å². The highest BCUT2D eigenvalue weighted by Gasteiger charge is 2.28. The molecule has 2 aromatic rings. The van der Waals surface area contributed by atoms with Crippen molar-refractivity contribution >= 4 is 22.7 Å². The van der Waals surface area contributed by atoms with Crippen LogP contribution in [-0.2, 0) is 16.1 Å². The molecule has 1 aliphatic rings. The van der Waals surface area contributed by atoms with E-state index in [1.54, 1.807) is 0 Å². The first-order valence-electron chi connectivity index (χ1n) is 9.44. The van der Waals surface area contributed by atoms with Crippen LogP contribution in [0.4, 0.5) is 0 Å². The molecule has 6 heteroatoms. The highest BCUT2D eigenvalue weighted by atomic mass is 16.2. The van der Waals surface area contributed by atoms with Crippen molar-refractivity contribution in [2.45, 2.75) is 52.6 Å². The van der Waals surface area contributed by atoms with E-state index in [2.05, 4.69) is 35.5 Å². The van der Waals surface area contributed by atoms with E-state index in [0.717, 1.165) is 30.3 Å². The molecule has 1 aromatic carbocycles. The molecule has 2 amide bonds. The summed E-state index contributed by atoms with van der Waals surface area (Å²) in [5.41, 5.74) is 2.25. The molecule has 1 saturated heterocycles. The number of hydrogen-bond acceptors (Lipinski definition) is 3. The predicted octanol–water partition coefficient (Wildman–Crippen LogP) is 2.50. The van der Waals surface area contributed by atoms with Gasteiger partial charge in [0.15, 0.2) is 0 Å². The number of aromatic nitrogens is 2. The van der Waals surface area contributed by atoms with Gasteiger partial charge < -0.3 is 10.2 Å². The number of nitrogens with zero attached hydrogens (tertiary/aromatic N) is 3. The molecule has 6 nitrogen and oxygen atoms in total. The van der Waals surface area contributed by atoms with Crippen molar-refractivity contribution in [2.75, 3.05) is 13.1 Å². The fourth-order valence-electron chi connectivity index (χ4n) is 3.56. The van der Waals surface area contributed by atoms with Gasteiger partial charge in [0.2, 0.25) is 11.8 Å². The maximum absolute atomic E-state index is 12.6. The van der Waals surface area contributed by atoms with E-state index in [9.17, 15) is 9.59 Å². The minimum atomic E-state index is -0.0939. The van der Waals surface area contributed by atoms with Gasteiger partial charge in [-0.15, -0.1) is 0 Å². The van der Waals surface area contributed by atoms with Crippen LogP contribution < -0.4 is 5.32 Å². The zero-order valence-corrected chi connectivity index (χ0v) is 15.9. The predicted molar refractivity (Wildman–Crippen MR) is 102 cm³/mol. The minimum Gasteiger partial charge on any atom is -0.354 e. The molecule has 0 saturated carbocycles. The monoisotopic (exact) mass is 356 g/mol. The number of benzene rings is 1. The van der Waals surface area contributed by atoms with Crippen molar-refractivity contribution in [1.29, 1.82) is 0 Å². The zero-order chi connectivity index (χ0) is 18.7. The van der Waals surface area contributed by atoms with Crippen LogP contribution in [-0.4, -0.2) is 45.6 Å². The molecule has 0 bridgehead atoms. The summed E-state index contributed by atoms with van der Waals surface area (Å²) in [4.78, 5) is 26.7. The number of carbonyl (C=O) groups is 2. The van der Waals surface area contributed by atoms with E-state index in [1.807, 2.05) is 29.6 Å². The van der Waals surface area contributed by atoms with Gasteiger partial charge in [0.1, 0.15) is 0 Å². The molecule has 1 aromatic heterocycles. The van der Waals surface area contributed by atoms with Gasteiger partial charge in [0.05, 0.1) is 24.2 Å². The van der Waals surface area contributed by atoms with Gasteiger partial charge in [-0.05, 0) is 45.7 Å². The molecule has 1 aliphatic heterocycles. The van der Waals surface area contributed by atoms with Crippen LogP contribution in [0.2, 0.25) is 0 Å². The average molecular weight is 356 g/mol. The Kier molecular flexibility index (Phi) is 5.59. The normalized spacial score (nSPS) is 17.7. The maximum atomic E-state index is 12.6. The number of rotatable bonds is 5. The Morgan fingerprint density at radius 1 is 1.35 bits per heavy atom. The highest BCUT2D eigenvalue weighted by molar-refractivity contribution is 5.82. The van der Waals surface area contributed by atoms with Crippen molar-refractivity contribution < 1.29 is 9.59 Å². The molecule has 0 aliphatic carbocycles. The highest BCUT2D eigenvalue weighted by Crippen LogP contribution is 2.19. The first-order valence-corrected chi connectivity index (χ1v) is 9.44. The second-order valence-electron chi connectivity index (χ2n) is 7.52. The van der Waals surface area contributed by atoms with Crippen LogP contribution in [0.5, 0.6) is 0 Å². The molecule has 1 fully saturated rings. The van der Waals surface area contributed by atoms with Crippen molar-refractivity contribution in [3.8, 4) is 0 Å². The molecule has 0 spiro atoms. The third-order valence-electron chi connectivity index (χ3n) is 4.91. The molecule has 0 unspecified atom stereocenters. The van der Waals surface area contributed by atoms with Crippen LogP contribution >= 0.6 is 0 Å². The third kappa shape index (κ3) is 4.23. The molecule has 3 rings (SSSR count). The molecule has 0 radical (unpaired) electrons. The average Bonchev–Trinajstić information content (AvgIpc) is 3.01. The lowest BCUT2D eigenvalue weighted by molar-refractivity contribution is -0.136. The molecule has 26 heavy (non-hydrogen) atoms. The van der Waals surface area contributed by atoms with E-state index in [1.165, 1.54) is 5.56 Å². The molecular formula is C20H28N4O2. The Labute approximate surface area is 154 Å². The Morgan fingerprint density at radius 2 is 2.15 bits per heavy atom. The number of hydrogen-bond donors (Lipinski definition) is 1. The fraction of sp³-hybridized carbons (Fsp3) is 0.550. The number of likely N-dealkylation sites (tertiary alicyclic amines) is 1. The van der Waals surface area contributed by atoms with Crippen LogP contribution in [0.1, 0.15) is 38.7 Å². The Bertz CT molecular complexity index is 796. The Morgan fingerprint density at radius 3 is 2.92 bits per heavy atom. The maximum Gasteiger partial charge on any atom is 0.225 e. The summed E-state index contributed by atoms with van der Waals surface area (Å²) in [6, 6.07) is 6.34. The van der Waals surface area contributed by atoms with Crippen molar-refractivity contribution in [1.82, 2.24) is 20.0 Å². The lowest BCUT2D eigenvalue weighted by atomic mass is 9.96. The van der Waals surface area contributed by atoms with Gasteiger partial charge in [-0.25, -0.2) is 0 Å². The summed E-state index contributed by atoms with van der Waals surface area (Å²) in [6.07, 6.45) is 3.99. The molecule has 1 N–H and O–H groups in total. The van der Waals surface area contributed by atoms with Crippen LogP contribution in [0.15, 0.2) is 24.4 Å². The molecular weight excluding hydrogens is 328 g/mol. The smallest absolute Gasteiger partial charge is 0.225 e. The van der Waals surface area contributed by atoms with Crippen LogP contribution in [0.3, 0.4) is 0 Å². The summed E-state index contributed by atoms with van der Waals surface area (Å²) in [6.45, 7) is 7.80. The van der Waals surface area contributed by atoms with Gasteiger partial charge in [-0.3, -0.25) is 14.3 Å². The summed E-state index contributed by atoms with van der Waals surface area (Å²) in [7, 11) is 0. The first kappa shape index (κ1) is 18.4. The summed E-state index contributed by atoms with van der Waals surface area (Å²) in [5.74, 6) is 0.0670. The topological polar surface area (TPSA) is 67.2 Å². The third-order valence-corrected chi connectivity index (χ3v) is 4.91. The van der Waals surface area contributed by atoms with Crippen LogP contribution in [0, 0.1) is 12.8 Å². The molecule has 2 heterocycles. The molecule has 140 valence electrons. The second-order valence-corrected chi connectivity index (χ2v) is 7.52. The van der Waals surface area contributed by atoms with E-state index in [0.29, 0.717) is 19.5 Å². The van der Waals surface area contributed by atoms with Gasteiger partial charge in [0, 0.05) is 30.9 Å². The molecule has 1 atom stereocenters. The lowest BCUT2D eigenvalue weighted by Crippen LogP contribution is -2.46. The largest absolute Gasteiger partial charge is 0.354 e. The number of piperidine rings is 1. The number of amides is 2. The van der Waals surface area contributed by atoms with E-state index in [-0.39, 0.29) is 23.8 Å². The number of nitrogens with one attached hydrogen (secondary N) is 1. The van der Waals surface area contributed by atoms with Crippen molar-refractivity contribution in [3.63, 3.8) is 0 Å². The Hall–Kier alpha value is -2.37. The fourth-order valence-corrected chi connectivity index (χ4v) is 3.56. The Balaban J connectivity index is 1.58. The van der Waals surface area contributed by atoms with Crippen molar-refractivity contribution in [3.05, 3.63) is 30.0 Å². The van der Waals surface area contributed by atoms with E-state index < -0.39 is 0 Å². The lowest BCUT2D eigenvalue weighted by Gasteiger charge is -2.32. The summed E-state index contributed by atoms with van der Waals surface area (Å²) < 4.78 is 1.89. The van der Waals surface area contributed by atoms with E-state index in [4.69, 9.17) is 0 Å².